The first-order chi connectivity index (χ1) is 10.3. The first-order valence-corrected chi connectivity index (χ1v) is 8.96. The molecular weight excluding hydrogens is 284 g/mol. The zero-order valence-corrected chi connectivity index (χ0v) is 13.5. The van der Waals surface area contributed by atoms with Crippen LogP contribution in [0.4, 0.5) is 5.00 Å². The lowest BCUT2D eigenvalue weighted by Crippen LogP contribution is -2.21. The van der Waals surface area contributed by atoms with E-state index in [0.717, 1.165) is 55.8 Å². The van der Waals surface area contributed by atoms with Crippen molar-refractivity contribution >= 4 is 22.2 Å². The summed E-state index contributed by atoms with van der Waals surface area (Å²) >= 11 is 1.70. The average Bonchev–Trinajstić information content (AvgIpc) is 3.28. The normalized spacial score (nSPS) is 17.4. The van der Waals surface area contributed by atoms with Crippen molar-refractivity contribution in [3.63, 3.8) is 0 Å². The van der Waals surface area contributed by atoms with E-state index in [1.165, 1.54) is 23.3 Å². The molecule has 1 saturated carbocycles. The number of anilines is 1. The van der Waals surface area contributed by atoms with Crippen molar-refractivity contribution in [2.24, 2.45) is 5.92 Å². The Labute approximate surface area is 130 Å². The second kappa shape index (κ2) is 6.79. The number of carbonyl (C=O) groups excluding carboxylic acids is 1. The molecule has 1 heterocycles. The highest BCUT2D eigenvalue weighted by Crippen LogP contribution is 2.44. The summed E-state index contributed by atoms with van der Waals surface area (Å²) < 4.78 is 0. The van der Waals surface area contributed by atoms with Crippen LogP contribution in [0.2, 0.25) is 0 Å². The van der Waals surface area contributed by atoms with Gasteiger partial charge in [-0.2, -0.15) is 5.48 Å². The molecule has 0 aromatic carbocycles. The molecule has 0 saturated heterocycles. The number of amides is 1. The van der Waals surface area contributed by atoms with Crippen LogP contribution in [0.5, 0.6) is 5.75 Å². The smallest absolute Gasteiger partial charge is 0.228 e. The molecule has 21 heavy (non-hydrogen) atoms. The highest BCUT2D eigenvalue weighted by molar-refractivity contribution is 7.17. The minimum atomic E-state index is 0.159. The number of thiophene rings is 1. The van der Waals surface area contributed by atoms with E-state index < -0.39 is 0 Å². The van der Waals surface area contributed by atoms with Gasteiger partial charge in [0.2, 0.25) is 5.91 Å². The number of unbranched alkanes of at least 4 members (excludes halogenated alkanes) is 1. The number of nitrogens with one attached hydrogen (secondary N) is 2. The van der Waals surface area contributed by atoms with Crippen molar-refractivity contribution in [2.45, 2.75) is 58.3 Å². The highest BCUT2D eigenvalue weighted by atomic mass is 32.1. The number of hydrogen-bond acceptors (Lipinski definition) is 4. The summed E-state index contributed by atoms with van der Waals surface area (Å²) in [7, 11) is 0. The Morgan fingerprint density at radius 1 is 1.33 bits per heavy atom. The van der Waals surface area contributed by atoms with Crippen molar-refractivity contribution in [3.8, 4) is 5.75 Å². The van der Waals surface area contributed by atoms with E-state index in [1.807, 2.05) is 0 Å². The summed E-state index contributed by atoms with van der Waals surface area (Å²) in [6.45, 7) is 3.01. The Balaban J connectivity index is 1.72. The summed E-state index contributed by atoms with van der Waals surface area (Å²) in [5, 5.41) is 3.99. The molecule has 0 unspecified atom stereocenters. The third kappa shape index (κ3) is 3.58. The second-order valence-electron chi connectivity index (χ2n) is 5.98. The number of fused-ring (bicyclic) bond motifs is 1. The van der Waals surface area contributed by atoms with Gasteiger partial charge < -0.3 is 10.2 Å². The van der Waals surface area contributed by atoms with E-state index in [2.05, 4.69) is 17.7 Å². The van der Waals surface area contributed by atoms with Gasteiger partial charge in [-0.1, -0.05) is 13.3 Å². The van der Waals surface area contributed by atoms with E-state index in [1.54, 1.807) is 11.3 Å². The molecule has 116 valence electrons. The van der Waals surface area contributed by atoms with E-state index in [9.17, 15) is 4.79 Å². The minimum absolute atomic E-state index is 0.159. The molecule has 1 aromatic rings. The van der Waals surface area contributed by atoms with Crippen LogP contribution < -0.4 is 15.6 Å². The Morgan fingerprint density at radius 2 is 2.14 bits per heavy atom. The number of rotatable bonds is 7. The number of hydroxylamine groups is 1. The molecule has 3 rings (SSSR count). The standard InChI is InChI=1S/C16H24N2O2S/c1-2-3-10-17-20-14-12-6-4-5-7-13(12)21-16(14)18-15(19)11-8-9-11/h11,17H,2-10H2,1H3,(H,18,19). The van der Waals surface area contributed by atoms with Gasteiger partial charge in [0.05, 0.1) is 0 Å². The van der Waals surface area contributed by atoms with E-state index >= 15 is 0 Å². The maximum absolute atomic E-state index is 12.0. The summed E-state index contributed by atoms with van der Waals surface area (Å²) in [6, 6.07) is 0. The van der Waals surface area contributed by atoms with Crippen LogP contribution in [0, 0.1) is 5.92 Å². The van der Waals surface area contributed by atoms with Crippen LogP contribution in [0.25, 0.3) is 0 Å². The lowest BCUT2D eigenvalue weighted by atomic mass is 9.99. The maximum Gasteiger partial charge on any atom is 0.228 e. The summed E-state index contributed by atoms with van der Waals surface area (Å²) in [5.41, 5.74) is 4.36. The Bertz CT molecular complexity index is 509. The maximum atomic E-state index is 12.0. The van der Waals surface area contributed by atoms with Crippen molar-refractivity contribution in [1.29, 1.82) is 0 Å². The zero-order chi connectivity index (χ0) is 14.7. The fraction of sp³-hybridized carbons (Fsp3) is 0.688. The van der Waals surface area contributed by atoms with Crippen molar-refractivity contribution in [1.82, 2.24) is 5.48 Å². The molecule has 1 aromatic heterocycles. The lowest BCUT2D eigenvalue weighted by Gasteiger charge is -2.14. The first kappa shape index (κ1) is 14.9. The molecule has 2 aliphatic rings. The van der Waals surface area contributed by atoms with Gasteiger partial charge in [-0.05, 0) is 44.9 Å². The molecule has 1 amide bonds. The SMILES string of the molecule is CCCCNOc1c(NC(=O)C2CC2)sc2c1CCCC2. The predicted molar refractivity (Wildman–Crippen MR) is 85.9 cm³/mol. The van der Waals surface area contributed by atoms with Gasteiger partial charge in [0.1, 0.15) is 5.00 Å². The lowest BCUT2D eigenvalue weighted by molar-refractivity contribution is -0.117. The van der Waals surface area contributed by atoms with Gasteiger partial charge >= 0.3 is 0 Å². The van der Waals surface area contributed by atoms with Crippen LogP contribution in [0.15, 0.2) is 0 Å². The minimum Gasteiger partial charge on any atom is -0.405 e. The number of hydrogen-bond donors (Lipinski definition) is 2. The zero-order valence-electron chi connectivity index (χ0n) is 12.7. The van der Waals surface area contributed by atoms with Gasteiger partial charge in [-0.25, -0.2) is 0 Å². The average molecular weight is 308 g/mol. The van der Waals surface area contributed by atoms with Crippen LogP contribution in [-0.4, -0.2) is 12.5 Å². The molecule has 0 spiro atoms. The van der Waals surface area contributed by atoms with Crippen LogP contribution in [0.3, 0.4) is 0 Å². The van der Waals surface area contributed by atoms with Gasteiger partial charge in [0.15, 0.2) is 5.75 Å². The Hall–Kier alpha value is -1.07. The highest BCUT2D eigenvalue weighted by Gasteiger charge is 2.31. The monoisotopic (exact) mass is 308 g/mol. The topological polar surface area (TPSA) is 50.4 Å². The molecule has 1 fully saturated rings. The molecule has 0 aliphatic heterocycles. The second-order valence-corrected chi connectivity index (χ2v) is 7.09. The number of aryl methyl sites for hydroxylation is 1. The number of carbonyl (C=O) groups is 1. The largest absolute Gasteiger partial charge is 0.405 e. The summed E-state index contributed by atoms with van der Waals surface area (Å²) in [5.74, 6) is 1.26. The molecule has 0 atom stereocenters. The Morgan fingerprint density at radius 3 is 2.90 bits per heavy atom. The van der Waals surface area contributed by atoms with Crippen LogP contribution in [-0.2, 0) is 17.6 Å². The first-order valence-electron chi connectivity index (χ1n) is 8.14. The van der Waals surface area contributed by atoms with Crippen LogP contribution >= 0.6 is 11.3 Å². The quantitative estimate of drug-likeness (QED) is 0.597. The molecule has 4 nitrogen and oxygen atoms in total. The molecule has 2 N–H and O–H groups in total. The Kier molecular flexibility index (Phi) is 4.80. The molecule has 5 heteroatoms. The van der Waals surface area contributed by atoms with Gasteiger partial charge in [0.25, 0.3) is 0 Å². The molecule has 2 aliphatic carbocycles. The summed E-state index contributed by atoms with van der Waals surface area (Å²) in [4.78, 5) is 19.2. The third-order valence-electron chi connectivity index (χ3n) is 4.11. The van der Waals surface area contributed by atoms with Crippen molar-refractivity contribution in [3.05, 3.63) is 10.4 Å². The van der Waals surface area contributed by atoms with Crippen molar-refractivity contribution < 1.29 is 9.63 Å². The molecular formula is C16H24N2O2S. The molecule has 0 bridgehead atoms. The predicted octanol–water partition coefficient (Wildman–Crippen LogP) is 3.66. The third-order valence-corrected chi connectivity index (χ3v) is 5.30. The summed E-state index contributed by atoms with van der Waals surface area (Å²) in [6.07, 6.45) is 8.93. The van der Waals surface area contributed by atoms with E-state index in [-0.39, 0.29) is 11.8 Å². The van der Waals surface area contributed by atoms with Gasteiger partial charge in [-0.15, -0.1) is 11.3 Å². The van der Waals surface area contributed by atoms with E-state index in [4.69, 9.17) is 4.84 Å². The fourth-order valence-corrected chi connectivity index (χ4v) is 3.88. The molecule has 0 radical (unpaired) electrons. The van der Waals surface area contributed by atoms with E-state index in [0.29, 0.717) is 0 Å². The van der Waals surface area contributed by atoms with Crippen LogP contribution in [0.1, 0.15) is 55.9 Å². The fourth-order valence-electron chi connectivity index (χ4n) is 2.66. The van der Waals surface area contributed by atoms with Gasteiger partial charge in [-0.3, -0.25) is 4.79 Å². The van der Waals surface area contributed by atoms with Crippen molar-refractivity contribution in [2.75, 3.05) is 11.9 Å². The van der Waals surface area contributed by atoms with Gasteiger partial charge in [0, 0.05) is 22.9 Å².